The SMILES string of the molecule is CC(O)COC(C)(C)C(C)CC(C)(C)C. The molecule has 0 spiro atoms. The second kappa shape index (κ2) is 5.31. The van der Waals surface area contributed by atoms with E-state index in [-0.39, 0.29) is 11.7 Å². The molecule has 0 saturated carbocycles. The van der Waals surface area contributed by atoms with Crippen molar-refractivity contribution < 1.29 is 9.84 Å². The first kappa shape index (κ1) is 14.9. The minimum atomic E-state index is -0.383. The average molecular weight is 216 g/mol. The van der Waals surface area contributed by atoms with Gasteiger partial charge in [0, 0.05) is 0 Å². The summed E-state index contributed by atoms with van der Waals surface area (Å²) in [5.74, 6) is 0.483. The van der Waals surface area contributed by atoms with Gasteiger partial charge in [0.25, 0.3) is 0 Å². The van der Waals surface area contributed by atoms with Crippen molar-refractivity contribution in [1.29, 1.82) is 0 Å². The van der Waals surface area contributed by atoms with Gasteiger partial charge in [0.2, 0.25) is 0 Å². The number of hydrogen-bond donors (Lipinski definition) is 1. The van der Waals surface area contributed by atoms with E-state index in [1.807, 2.05) is 0 Å². The molecular formula is C13H28O2. The smallest absolute Gasteiger partial charge is 0.0745 e. The van der Waals surface area contributed by atoms with Crippen LogP contribution in [0.1, 0.15) is 54.9 Å². The first-order valence-corrected chi connectivity index (χ1v) is 5.86. The van der Waals surface area contributed by atoms with Gasteiger partial charge in [-0.15, -0.1) is 0 Å². The maximum atomic E-state index is 9.21. The third kappa shape index (κ3) is 6.91. The number of hydrogen-bond acceptors (Lipinski definition) is 2. The Morgan fingerprint density at radius 1 is 1.07 bits per heavy atom. The largest absolute Gasteiger partial charge is 0.391 e. The Morgan fingerprint density at radius 3 is 1.87 bits per heavy atom. The summed E-state index contributed by atoms with van der Waals surface area (Å²) < 4.78 is 5.75. The lowest BCUT2D eigenvalue weighted by Crippen LogP contribution is -2.37. The summed E-state index contributed by atoms with van der Waals surface area (Å²) in [4.78, 5) is 0. The molecule has 2 heteroatoms. The molecule has 1 N–H and O–H groups in total. The van der Waals surface area contributed by atoms with Crippen LogP contribution in [0.2, 0.25) is 0 Å². The molecule has 0 saturated heterocycles. The highest BCUT2D eigenvalue weighted by molar-refractivity contribution is 4.80. The van der Waals surface area contributed by atoms with Crippen LogP contribution in [-0.2, 0) is 4.74 Å². The summed E-state index contributed by atoms with van der Waals surface area (Å²) in [6.45, 7) is 15.3. The molecule has 92 valence electrons. The van der Waals surface area contributed by atoms with Crippen LogP contribution >= 0.6 is 0 Å². The fraction of sp³-hybridized carbons (Fsp3) is 1.00. The maximum absolute atomic E-state index is 9.21. The van der Waals surface area contributed by atoms with Gasteiger partial charge in [0.15, 0.2) is 0 Å². The number of rotatable bonds is 5. The molecule has 0 aliphatic rings. The van der Waals surface area contributed by atoms with Gasteiger partial charge in [0.1, 0.15) is 0 Å². The quantitative estimate of drug-likeness (QED) is 0.764. The van der Waals surface area contributed by atoms with Crippen LogP contribution in [0.3, 0.4) is 0 Å². The molecular weight excluding hydrogens is 188 g/mol. The minimum absolute atomic E-state index is 0.162. The highest BCUT2D eigenvalue weighted by Gasteiger charge is 2.30. The predicted octanol–water partition coefficient (Wildman–Crippen LogP) is 3.23. The Bertz CT molecular complexity index is 177. The molecule has 2 atom stereocenters. The molecule has 0 rings (SSSR count). The lowest BCUT2D eigenvalue weighted by atomic mass is 9.78. The first-order valence-electron chi connectivity index (χ1n) is 5.86. The molecule has 0 fully saturated rings. The Labute approximate surface area is 95.0 Å². The molecule has 0 aromatic rings. The van der Waals surface area contributed by atoms with Crippen molar-refractivity contribution >= 4 is 0 Å². The predicted molar refractivity (Wildman–Crippen MR) is 64.9 cm³/mol. The van der Waals surface area contributed by atoms with Gasteiger partial charge in [-0.25, -0.2) is 0 Å². The highest BCUT2D eigenvalue weighted by Crippen LogP contribution is 2.32. The molecule has 15 heavy (non-hydrogen) atoms. The van der Waals surface area contributed by atoms with Crippen molar-refractivity contribution in [2.45, 2.75) is 66.6 Å². The van der Waals surface area contributed by atoms with E-state index >= 15 is 0 Å². The van der Waals surface area contributed by atoms with Crippen molar-refractivity contribution in [3.8, 4) is 0 Å². The van der Waals surface area contributed by atoms with Crippen LogP contribution in [0.4, 0.5) is 0 Å². The number of aliphatic hydroxyl groups excluding tert-OH is 1. The summed E-state index contributed by atoms with van der Waals surface area (Å²) >= 11 is 0. The van der Waals surface area contributed by atoms with Gasteiger partial charge in [-0.2, -0.15) is 0 Å². The van der Waals surface area contributed by atoms with Crippen LogP contribution in [0.15, 0.2) is 0 Å². The van der Waals surface area contributed by atoms with E-state index in [4.69, 9.17) is 4.74 Å². The minimum Gasteiger partial charge on any atom is -0.391 e. The van der Waals surface area contributed by atoms with Crippen molar-refractivity contribution in [3.63, 3.8) is 0 Å². The van der Waals surface area contributed by atoms with E-state index in [1.54, 1.807) is 6.92 Å². The summed E-state index contributed by atoms with van der Waals surface area (Å²) in [5, 5.41) is 9.21. The van der Waals surface area contributed by atoms with Gasteiger partial charge < -0.3 is 9.84 Å². The Hall–Kier alpha value is -0.0800. The fourth-order valence-electron chi connectivity index (χ4n) is 1.64. The van der Waals surface area contributed by atoms with Gasteiger partial charge in [-0.1, -0.05) is 27.7 Å². The lowest BCUT2D eigenvalue weighted by Gasteiger charge is -2.36. The number of ether oxygens (including phenoxy) is 1. The molecule has 0 aliphatic carbocycles. The zero-order valence-corrected chi connectivity index (χ0v) is 11.4. The van der Waals surface area contributed by atoms with E-state index in [2.05, 4.69) is 41.5 Å². The molecule has 0 heterocycles. The topological polar surface area (TPSA) is 29.5 Å². The molecule has 0 amide bonds. The Kier molecular flexibility index (Phi) is 5.28. The second-order valence-electron chi connectivity index (χ2n) is 6.43. The third-order valence-corrected chi connectivity index (χ3v) is 2.80. The standard InChI is InChI=1S/C13H28O2/c1-10(8-12(3,4)5)13(6,7)15-9-11(2)14/h10-11,14H,8-9H2,1-7H3. The van der Waals surface area contributed by atoms with Crippen molar-refractivity contribution in [1.82, 2.24) is 0 Å². The van der Waals surface area contributed by atoms with E-state index in [0.717, 1.165) is 6.42 Å². The van der Waals surface area contributed by atoms with Crippen LogP contribution in [0, 0.1) is 11.3 Å². The fourth-order valence-corrected chi connectivity index (χ4v) is 1.64. The molecule has 0 aliphatic heterocycles. The van der Waals surface area contributed by atoms with E-state index < -0.39 is 0 Å². The molecule has 2 unspecified atom stereocenters. The summed E-state index contributed by atoms with van der Waals surface area (Å²) in [7, 11) is 0. The van der Waals surface area contributed by atoms with Gasteiger partial charge in [0.05, 0.1) is 18.3 Å². The van der Waals surface area contributed by atoms with Gasteiger partial charge in [-0.3, -0.25) is 0 Å². The Balaban J connectivity index is 4.19. The molecule has 0 aromatic carbocycles. The summed E-state index contributed by atoms with van der Waals surface area (Å²) in [6.07, 6.45) is 0.742. The van der Waals surface area contributed by atoms with Crippen LogP contribution < -0.4 is 0 Å². The van der Waals surface area contributed by atoms with Gasteiger partial charge >= 0.3 is 0 Å². The number of aliphatic hydroxyl groups is 1. The summed E-state index contributed by atoms with van der Waals surface area (Å²) in [5.41, 5.74) is 0.162. The van der Waals surface area contributed by atoms with E-state index in [9.17, 15) is 5.11 Å². The zero-order chi connectivity index (χ0) is 12.3. The van der Waals surface area contributed by atoms with E-state index in [0.29, 0.717) is 17.9 Å². The van der Waals surface area contributed by atoms with Gasteiger partial charge in [-0.05, 0) is 38.5 Å². The maximum Gasteiger partial charge on any atom is 0.0745 e. The average Bonchev–Trinajstić information content (AvgIpc) is 1.97. The monoisotopic (exact) mass is 216 g/mol. The normalized spacial score (nSPS) is 17.6. The highest BCUT2D eigenvalue weighted by atomic mass is 16.5. The lowest BCUT2D eigenvalue weighted by molar-refractivity contribution is -0.0905. The molecule has 0 bridgehead atoms. The van der Waals surface area contributed by atoms with Crippen LogP contribution in [0.25, 0.3) is 0 Å². The van der Waals surface area contributed by atoms with Crippen LogP contribution in [0.5, 0.6) is 0 Å². The van der Waals surface area contributed by atoms with Crippen molar-refractivity contribution in [2.75, 3.05) is 6.61 Å². The molecule has 0 radical (unpaired) electrons. The van der Waals surface area contributed by atoms with Crippen molar-refractivity contribution in [3.05, 3.63) is 0 Å². The molecule has 0 aromatic heterocycles. The second-order valence-corrected chi connectivity index (χ2v) is 6.43. The molecule has 2 nitrogen and oxygen atoms in total. The van der Waals surface area contributed by atoms with E-state index in [1.165, 1.54) is 0 Å². The van der Waals surface area contributed by atoms with Crippen LogP contribution in [-0.4, -0.2) is 23.4 Å². The zero-order valence-electron chi connectivity index (χ0n) is 11.4. The Morgan fingerprint density at radius 2 is 1.53 bits per heavy atom. The van der Waals surface area contributed by atoms with Crippen molar-refractivity contribution in [2.24, 2.45) is 11.3 Å². The third-order valence-electron chi connectivity index (χ3n) is 2.80. The first-order chi connectivity index (χ1) is 6.54. The summed E-state index contributed by atoms with van der Waals surface area (Å²) in [6, 6.07) is 0.